The molecule has 1 amide bonds. The normalized spacial score (nSPS) is 13.5. The van der Waals surface area contributed by atoms with Crippen LogP contribution in [0.2, 0.25) is 0 Å². The Balaban J connectivity index is 1.99. The van der Waals surface area contributed by atoms with Crippen LogP contribution in [0, 0.1) is 0 Å². The van der Waals surface area contributed by atoms with Crippen LogP contribution in [-0.4, -0.2) is 197 Å². The van der Waals surface area contributed by atoms with Crippen LogP contribution in [0.4, 0.5) is 0 Å². The van der Waals surface area contributed by atoms with Crippen LogP contribution in [0.15, 0.2) is 97.9 Å². The van der Waals surface area contributed by atoms with Gasteiger partial charge in [0, 0.05) is 44.5 Å². The van der Waals surface area contributed by atoms with Crippen molar-refractivity contribution in [3.8, 4) is 5.75 Å². The highest BCUT2D eigenvalue weighted by Crippen LogP contribution is 2.29. The van der Waals surface area contributed by atoms with E-state index in [9.17, 15) is 24.0 Å². The lowest BCUT2D eigenvalue weighted by Gasteiger charge is -2.46. The summed E-state index contributed by atoms with van der Waals surface area (Å²) >= 11 is 1.45. The van der Waals surface area contributed by atoms with E-state index < -0.39 is 67.0 Å². The molecule has 0 aliphatic carbocycles. The molecule has 0 aliphatic rings. The van der Waals surface area contributed by atoms with Gasteiger partial charge < -0.3 is 80.7 Å². The molecule has 4 unspecified atom stereocenters. The molecule has 4 atom stereocenters. The first-order chi connectivity index (χ1) is 38.2. The molecule has 438 valence electrons. The number of ether oxygens (including phenoxy) is 16. The minimum atomic E-state index is -1.64. The zero-order valence-corrected chi connectivity index (χ0v) is 46.3. The highest BCUT2D eigenvalue weighted by atomic mass is 32.1. The average molecular weight is 1130 g/mol. The van der Waals surface area contributed by atoms with Gasteiger partial charge in [0.05, 0.1) is 99.1 Å². The van der Waals surface area contributed by atoms with E-state index in [4.69, 9.17) is 75.8 Å². The van der Waals surface area contributed by atoms with Crippen LogP contribution >= 0.6 is 11.3 Å². The zero-order chi connectivity index (χ0) is 57.7. The van der Waals surface area contributed by atoms with Crippen molar-refractivity contribution >= 4 is 61.3 Å². The lowest BCUT2D eigenvalue weighted by atomic mass is 9.99. The minimum absolute atomic E-state index is 0.00745. The Hall–Kier alpha value is -6.00. The third-order valence-corrected chi connectivity index (χ3v) is 11.8. The lowest BCUT2D eigenvalue weighted by Crippen LogP contribution is -2.65. The van der Waals surface area contributed by atoms with E-state index >= 15 is 4.79 Å². The molecule has 0 saturated heterocycles. The first-order valence-corrected chi connectivity index (χ1v) is 26.2. The van der Waals surface area contributed by atoms with Gasteiger partial charge in [-0.1, -0.05) is 38.4 Å². The highest BCUT2D eigenvalue weighted by molar-refractivity contribution is 7.24. The van der Waals surface area contributed by atoms with Crippen LogP contribution < -0.4 is 10.2 Å². The Morgan fingerprint density at radius 2 is 0.873 bits per heavy atom. The SMILES string of the molecule is C=CC(=O)OCCOCCOC(C)OCC(COC(C)OCCOCCOC(=O)C=C)(COC(C)OCCOCCOC(=O)C=C)N(C(=O)COc1ccc2sc3ccccc3c(=O)c2c1)C(C)OCCOCCOC(=O)C=C. The third-order valence-electron chi connectivity index (χ3n) is 10.7. The Morgan fingerprint density at radius 1 is 0.494 bits per heavy atom. The predicted molar refractivity (Wildman–Crippen MR) is 288 cm³/mol. The van der Waals surface area contributed by atoms with E-state index in [1.165, 1.54) is 16.2 Å². The molecule has 1 aromatic heterocycles. The molecule has 0 spiro atoms. The van der Waals surface area contributed by atoms with Gasteiger partial charge in [-0.2, -0.15) is 0 Å². The van der Waals surface area contributed by atoms with Crippen molar-refractivity contribution in [2.75, 3.05) is 132 Å². The topological polar surface area (TPSA) is 253 Å². The second-order valence-corrected chi connectivity index (χ2v) is 17.6. The predicted octanol–water partition coefficient (Wildman–Crippen LogP) is 4.84. The first-order valence-electron chi connectivity index (χ1n) is 25.4. The highest BCUT2D eigenvalue weighted by Gasteiger charge is 2.46. The number of carbonyl (C=O) groups excluding carboxylic acids is 5. The minimum Gasteiger partial charge on any atom is -0.484 e. The molecular formula is C55H75NO22S. The van der Waals surface area contributed by atoms with Crippen molar-refractivity contribution < 1.29 is 99.8 Å². The molecule has 79 heavy (non-hydrogen) atoms. The summed E-state index contributed by atoms with van der Waals surface area (Å²) in [5, 5.41) is 0.955. The van der Waals surface area contributed by atoms with Crippen LogP contribution in [0.1, 0.15) is 27.7 Å². The second kappa shape index (κ2) is 39.4. The number of benzene rings is 2. The molecule has 1 heterocycles. The maximum Gasteiger partial charge on any atom is 0.330 e. The van der Waals surface area contributed by atoms with Gasteiger partial charge in [0.25, 0.3) is 5.91 Å². The summed E-state index contributed by atoms with van der Waals surface area (Å²) in [6, 6.07) is 12.3. The number of hydrogen-bond acceptors (Lipinski definition) is 23. The summed E-state index contributed by atoms with van der Waals surface area (Å²) in [7, 11) is 0. The molecule has 0 N–H and O–H groups in total. The standard InChI is InChI=1S/C55H75NO22S/c1-9-50(58)71-31-23-63-19-27-67-40(5)56(49(57)36-75-44-17-18-48-46(35-44)54(62)45-15-13-14-16-47(45)79-48)55(37-76-41(6)68-28-20-64-24-32-72-51(59)10-2,38-77-42(7)69-29-21-65-25-33-73-52(60)11-3)39-78-43(8)70-30-22-66-26-34-74-53(61)12-4/h9-18,35,40-43H,1-4,19-34,36-39H2,5-8H3. The number of hydrogen-bond donors (Lipinski definition) is 0. The summed E-state index contributed by atoms with van der Waals surface area (Å²) in [6.45, 7) is 19.2. The molecule has 0 saturated carbocycles. The number of esters is 4. The Labute approximate surface area is 464 Å². The van der Waals surface area contributed by atoms with Crippen molar-refractivity contribution in [1.29, 1.82) is 0 Å². The van der Waals surface area contributed by atoms with Crippen molar-refractivity contribution in [2.45, 2.75) is 58.3 Å². The zero-order valence-electron chi connectivity index (χ0n) is 45.5. The molecular weight excluding hydrogens is 1060 g/mol. The van der Waals surface area contributed by atoms with Gasteiger partial charge in [-0.3, -0.25) is 9.59 Å². The van der Waals surface area contributed by atoms with Crippen LogP contribution in [-0.2, 0) is 95.0 Å². The number of nitrogens with zero attached hydrogens (tertiary/aromatic N) is 1. The van der Waals surface area contributed by atoms with Crippen LogP contribution in [0.5, 0.6) is 5.75 Å². The Bertz CT molecular complexity index is 2310. The number of carbonyl (C=O) groups is 5. The lowest BCUT2D eigenvalue weighted by molar-refractivity contribution is -0.238. The van der Waals surface area contributed by atoms with Gasteiger partial charge in [-0.05, 0) is 58.0 Å². The second-order valence-electron chi connectivity index (χ2n) is 16.5. The van der Waals surface area contributed by atoms with Gasteiger partial charge in [0.1, 0.15) is 43.9 Å². The summed E-state index contributed by atoms with van der Waals surface area (Å²) in [4.78, 5) is 76.0. The molecule has 3 rings (SSSR count). The Kier molecular flexibility index (Phi) is 33.5. The molecule has 0 bridgehead atoms. The fraction of sp³-hybridized carbons (Fsp3) is 0.527. The maximum absolute atomic E-state index is 15.1. The fourth-order valence-corrected chi connectivity index (χ4v) is 7.91. The van der Waals surface area contributed by atoms with Gasteiger partial charge in [-0.15, -0.1) is 11.3 Å². The van der Waals surface area contributed by atoms with E-state index in [1.54, 1.807) is 58.0 Å². The van der Waals surface area contributed by atoms with E-state index in [1.807, 2.05) is 12.1 Å². The van der Waals surface area contributed by atoms with Crippen molar-refractivity contribution in [2.24, 2.45) is 0 Å². The Morgan fingerprint density at radius 3 is 1.29 bits per heavy atom. The van der Waals surface area contributed by atoms with Gasteiger partial charge in [0.15, 0.2) is 30.9 Å². The molecule has 23 nitrogen and oxygen atoms in total. The third kappa shape index (κ3) is 26.7. The maximum atomic E-state index is 15.1. The number of amides is 1. The van der Waals surface area contributed by atoms with E-state index in [0.29, 0.717) is 10.8 Å². The van der Waals surface area contributed by atoms with Gasteiger partial charge >= 0.3 is 23.9 Å². The summed E-state index contributed by atoms with van der Waals surface area (Å²) < 4.78 is 93.1. The molecule has 0 radical (unpaired) electrons. The number of rotatable bonds is 46. The smallest absolute Gasteiger partial charge is 0.330 e. The van der Waals surface area contributed by atoms with Crippen molar-refractivity contribution in [1.82, 2.24) is 4.90 Å². The fourth-order valence-electron chi connectivity index (χ4n) is 6.85. The summed E-state index contributed by atoms with van der Waals surface area (Å²) in [5.74, 6) is -2.75. The summed E-state index contributed by atoms with van der Waals surface area (Å²) in [5.41, 5.74) is -1.83. The molecule has 0 aliphatic heterocycles. The molecule has 2 aromatic carbocycles. The van der Waals surface area contributed by atoms with E-state index in [0.717, 1.165) is 33.7 Å². The number of fused-ring (bicyclic) bond motifs is 2. The van der Waals surface area contributed by atoms with E-state index in [2.05, 4.69) is 26.3 Å². The van der Waals surface area contributed by atoms with Crippen molar-refractivity contribution in [3.05, 3.63) is 103 Å². The van der Waals surface area contributed by atoms with E-state index in [-0.39, 0.29) is 137 Å². The monoisotopic (exact) mass is 1130 g/mol. The summed E-state index contributed by atoms with van der Waals surface area (Å²) in [6.07, 6.45) is 0.279. The van der Waals surface area contributed by atoms with Crippen LogP contribution in [0.3, 0.4) is 0 Å². The van der Waals surface area contributed by atoms with Crippen LogP contribution in [0.25, 0.3) is 20.2 Å². The molecule has 0 fully saturated rings. The average Bonchev–Trinajstić information content (AvgIpc) is 3.52. The molecule has 24 heteroatoms. The van der Waals surface area contributed by atoms with Gasteiger partial charge in [-0.25, -0.2) is 19.2 Å². The largest absolute Gasteiger partial charge is 0.484 e. The molecule has 3 aromatic rings. The first kappa shape index (κ1) is 67.3. The quantitative estimate of drug-likeness (QED) is 0.0183. The van der Waals surface area contributed by atoms with Gasteiger partial charge in [0.2, 0.25) is 0 Å². The van der Waals surface area contributed by atoms with Crippen molar-refractivity contribution in [3.63, 3.8) is 0 Å².